The molecule has 1 N–H and O–H groups in total. The molecule has 0 aliphatic carbocycles. The number of carbonyl (C=O) groups is 2. The molecule has 31 heavy (non-hydrogen) atoms. The number of hydrogen-bond donors (Lipinski definition) is 1. The number of aromatic nitrogens is 2. The lowest BCUT2D eigenvalue weighted by Crippen LogP contribution is -2.41. The topological polar surface area (TPSA) is 111 Å². The van der Waals surface area contributed by atoms with Crippen LogP contribution in [0.3, 0.4) is 0 Å². The summed E-state index contributed by atoms with van der Waals surface area (Å²) in [7, 11) is -1.97. The van der Waals surface area contributed by atoms with Gasteiger partial charge in [0, 0.05) is 32.0 Å². The van der Waals surface area contributed by atoms with Crippen molar-refractivity contribution in [3.05, 3.63) is 41.9 Å². The van der Waals surface area contributed by atoms with Crippen molar-refractivity contribution in [2.24, 2.45) is 13.0 Å². The third kappa shape index (κ3) is 5.31. The lowest BCUT2D eigenvalue weighted by Gasteiger charge is -2.30. The van der Waals surface area contributed by atoms with E-state index in [2.05, 4.69) is 10.3 Å². The summed E-state index contributed by atoms with van der Waals surface area (Å²) in [6.45, 7) is 5.56. The molecule has 1 aromatic carbocycles. The molecule has 0 bridgehead atoms. The fourth-order valence-electron chi connectivity index (χ4n) is 3.41. The van der Waals surface area contributed by atoms with Crippen LogP contribution >= 0.6 is 0 Å². The van der Waals surface area contributed by atoms with Crippen molar-refractivity contribution in [3.8, 4) is 0 Å². The zero-order chi connectivity index (χ0) is 22.8. The van der Waals surface area contributed by atoms with Crippen molar-refractivity contribution in [3.63, 3.8) is 0 Å². The van der Waals surface area contributed by atoms with Crippen molar-refractivity contribution in [1.82, 2.24) is 13.9 Å². The Kier molecular flexibility index (Phi) is 6.80. The number of imidazole rings is 1. The highest BCUT2D eigenvalue weighted by molar-refractivity contribution is 7.89. The van der Waals surface area contributed by atoms with E-state index in [1.807, 2.05) is 25.1 Å². The van der Waals surface area contributed by atoms with Crippen LogP contribution in [0.4, 0.5) is 5.69 Å². The van der Waals surface area contributed by atoms with E-state index in [4.69, 9.17) is 4.74 Å². The summed E-state index contributed by atoms with van der Waals surface area (Å²) in [4.78, 5) is 28.9. The summed E-state index contributed by atoms with van der Waals surface area (Å²) in [6, 6.07) is 7.33. The maximum absolute atomic E-state index is 12.8. The van der Waals surface area contributed by atoms with Gasteiger partial charge in [-0.2, -0.15) is 4.31 Å². The standard InChI is InChI=1S/C21H28N4O5S/c1-14-6-5-7-18(12-14)23-20(26)15(2)30-21(27)17-8-10-25(11-9-17)31(28,29)19-13-24(4)16(3)22-19/h5-7,12-13,15,17H,8-11H2,1-4H3,(H,23,26). The van der Waals surface area contributed by atoms with Crippen LogP contribution in [-0.2, 0) is 31.4 Å². The minimum Gasteiger partial charge on any atom is -0.452 e. The number of ether oxygens (including phenoxy) is 1. The number of aryl methyl sites for hydroxylation is 3. The van der Waals surface area contributed by atoms with Crippen LogP contribution in [-0.4, -0.2) is 53.3 Å². The zero-order valence-corrected chi connectivity index (χ0v) is 19.0. The van der Waals surface area contributed by atoms with E-state index in [1.165, 1.54) is 17.4 Å². The van der Waals surface area contributed by atoms with Crippen molar-refractivity contribution < 1.29 is 22.7 Å². The Morgan fingerprint density at radius 1 is 1.23 bits per heavy atom. The number of sulfonamides is 1. The van der Waals surface area contributed by atoms with Gasteiger partial charge in [-0.05, 0) is 51.3 Å². The number of hydrogen-bond acceptors (Lipinski definition) is 6. The monoisotopic (exact) mass is 448 g/mol. The molecule has 168 valence electrons. The van der Waals surface area contributed by atoms with Gasteiger partial charge in [-0.3, -0.25) is 9.59 Å². The summed E-state index contributed by atoms with van der Waals surface area (Å²) < 4.78 is 33.9. The summed E-state index contributed by atoms with van der Waals surface area (Å²) in [5.41, 5.74) is 1.64. The molecular weight excluding hydrogens is 420 g/mol. The second kappa shape index (κ2) is 9.19. The molecule has 2 heterocycles. The van der Waals surface area contributed by atoms with E-state index in [-0.39, 0.29) is 18.1 Å². The van der Waals surface area contributed by atoms with E-state index in [0.717, 1.165) is 5.56 Å². The third-order valence-electron chi connectivity index (χ3n) is 5.43. The molecule has 1 amide bonds. The van der Waals surface area contributed by atoms with Crippen molar-refractivity contribution in [1.29, 1.82) is 0 Å². The molecular formula is C21H28N4O5S. The Hall–Kier alpha value is -2.72. The van der Waals surface area contributed by atoms with Crippen LogP contribution in [0.25, 0.3) is 0 Å². The Bertz CT molecular complexity index is 1050. The van der Waals surface area contributed by atoms with E-state index in [0.29, 0.717) is 24.4 Å². The molecule has 1 aliphatic heterocycles. The van der Waals surface area contributed by atoms with Crippen molar-refractivity contribution in [2.75, 3.05) is 18.4 Å². The fraction of sp³-hybridized carbons (Fsp3) is 0.476. The molecule has 0 saturated carbocycles. The number of rotatable bonds is 6. The lowest BCUT2D eigenvalue weighted by molar-refractivity contribution is -0.158. The highest BCUT2D eigenvalue weighted by Gasteiger charge is 2.35. The van der Waals surface area contributed by atoms with E-state index >= 15 is 0 Å². The quantitative estimate of drug-likeness (QED) is 0.677. The van der Waals surface area contributed by atoms with Gasteiger partial charge in [0.1, 0.15) is 5.82 Å². The molecule has 0 radical (unpaired) electrons. The largest absolute Gasteiger partial charge is 0.452 e. The zero-order valence-electron chi connectivity index (χ0n) is 18.2. The maximum Gasteiger partial charge on any atom is 0.309 e. The van der Waals surface area contributed by atoms with Gasteiger partial charge < -0.3 is 14.6 Å². The Morgan fingerprint density at radius 2 is 1.90 bits per heavy atom. The molecule has 2 aromatic rings. The molecule has 1 saturated heterocycles. The lowest BCUT2D eigenvalue weighted by atomic mass is 9.98. The van der Waals surface area contributed by atoms with Crippen molar-refractivity contribution >= 4 is 27.6 Å². The number of benzene rings is 1. The van der Waals surface area contributed by atoms with E-state index in [1.54, 1.807) is 24.6 Å². The molecule has 1 aliphatic rings. The van der Waals surface area contributed by atoms with Crippen LogP contribution in [0.1, 0.15) is 31.2 Å². The van der Waals surface area contributed by atoms with E-state index in [9.17, 15) is 18.0 Å². The van der Waals surface area contributed by atoms with Gasteiger partial charge in [-0.1, -0.05) is 12.1 Å². The molecule has 1 fully saturated rings. The highest BCUT2D eigenvalue weighted by Crippen LogP contribution is 2.24. The first-order chi connectivity index (χ1) is 14.6. The number of nitrogens with zero attached hydrogens (tertiary/aromatic N) is 3. The maximum atomic E-state index is 12.8. The molecule has 3 rings (SSSR count). The van der Waals surface area contributed by atoms with Gasteiger partial charge in [0.05, 0.1) is 5.92 Å². The normalized spacial score (nSPS) is 16.6. The molecule has 0 spiro atoms. The van der Waals surface area contributed by atoms with Crippen LogP contribution in [0.15, 0.2) is 35.5 Å². The van der Waals surface area contributed by atoms with Crippen LogP contribution in [0, 0.1) is 19.8 Å². The first kappa shape index (κ1) is 23.0. The summed E-state index contributed by atoms with van der Waals surface area (Å²) in [5, 5.41) is 2.74. The molecule has 1 aromatic heterocycles. The predicted octanol–water partition coefficient (Wildman–Crippen LogP) is 2.01. The second-order valence-corrected chi connectivity index (χ2v) is 9.74. The number of anilines is 1. The summed E-state index contributed by atoms with van der Waals surface area (Å²) in [6.07, 6.45) is 1.19. The SMILES string of the molecule is Cc1cccc(NC(=O)C(C)OC(=O)C2CCN(S(=O)(=O)c3cn(C)c(C)n3)CC2)c1. The first-order valence-electron chi connectivity index (χ1n) is 10.2. The Balaban J connectivity index is 1.53. The number of esters is 1. The van der Waals surface area contributed by atoms with E-state index < -0.39 is 33.9 Å². The minimum atomic E-state index is -3.70. The fourth-order valence-corrected chi connectivity index (χ4v) is 4.90. The average Bonchev–Trinajstić information content (AvgIpc) is 3.07. The number of piperidine rings is 1. The molecule has 10 heteroatoms. The number of amides is 1. The van der Waals surface area contributed by atoms with Crippen LogP contribution < -0.4 is 5.32 Å². The van der Waals surface area contributed by atoms with Gasteiger partial charge in [0.25, 0.3) is 15.9 Å². The Labute approximate surface area is 182 Å². The molecule has 1 atom stereocenters. The van der Waals surface area contributed by atoms with Gasteiger partial charge in [-0.25, -0.2) is 13.4 Å². The smallest absolute Gasteiger partial charge is 0.309 e. The van der Waals surface area contributed by atoms with Crippen molar-refractivity contribution in [2.45, 2.75) is 44.7 Å². The molecule has 9 nitrogen and oxygen atoms in total. The minimum absolute atomic E-state index is 0.00923. The van der Waals surface area contributed by atoms with Crippen LogP contribution in [0.5, 0.6) is 0 Å². The first-order valence-corrected chi connectivity index (χ1v) is 11.6. The van der Waals surface area contributed by atoms with Crippen LogP contribution in [0.2, 0.25) is 0 Å². The van der Waals surface area contributed by atoms with Gasteiger partial charge in [0.2, 0.25) is 0 Å². The Morgan fingerprint density at radius 3 is 2.48 bits per heavy atom. The number of carbonyl (C=O) groups excluding carboxylic acids is 2. The predicted molar refractivity (Wildman–Crippen MR) is 115 cm³/mol. The third-order valence-corrected chi connectivity index (χ3v) is 7.20. The summed E-state index contributed by atoms with van der Waals surface area (Å²) in [5.74, 6) is -0.747. The average molecular weight is 449 g/mol. The van der Waals surface area contributed by atoms with Gasteiger partial charge in [0.15, 0.2) is 11.1 Å². The molecule has 1 unspecified atom stereocenters. The number of nitrogens with one attached hydrogen (secondary N) is 1. The summed E-state index contributed by atoms with van der Waals surface area (Å²) >= 11 is 0. The van der Waals surface area contributed by atoms with Gasteiger partial charge in [-0.15, -0.1) is 0 Å². The second-order valence-electron chi connectivity index (χ2n) is 7.85. The van der Waals surface area contributed by atoms with Gasteiger partial charge >= 0.3 is 5.97 Å². The highest BCUT2D eigenvalue weighted by atomic mass is 32.2.